The second kappa shape index (κ2) is 18.3. The lowest BCUT2D eigenvalue weighted by Crippen LogP contribution is -2.07. The summed E-state index contributed by atoms with van der Waals surface area (Å²) in [5.41, 5.74) is 1.63. The maximum absolute atomic E-state index is 11.3. The van der Waals surface area contributed by atoms with Crippen LogP contribution in [0.15, 0.2) is 48.5 Å². The highest BCUT2D eigenvalue weighted by molar-refractivity contribution is 5.73. The van der Waals surface area contributed by atoms with E-state index < -0.39 is 0 Å². The van der Waals surface area contributed by atoms with Crippen molar-refractivity contribution in [1.82, 2.24) is 0 Å². The number of hydrogen-bond acceptors (Lipinski definition) is 8. The van der Waals surface area contributed by atoms with Crippen LogP contribution in [0.25, 0.3) is 0 Å². The van der Waals surface area contributed by atoms with E-state index in [-0.39, 0.29) is 37.3 Å². The number of esters is 2. The van der Waals surface area contributed by atoms with Crippen molar-refractivity contribution in [3.8, 4) is 11.5 Å². The minimum Gasteiger partial charge on any atom is -0.508 e. The molecule has 0 amide bonds. The number of phenols is 1. The number of carbonyl (C=O) groups excluding carboxylic acids is 2. The fourth-order valence-corrected chi connectivity index (χ4v) is 2.81. The second-order valence-electron chi connectivity index (χ2n) is 7.15. The molecule has 3 rings (SSSR count). The standard InChI is InChI=1S/C12H16O4.C10H12O3.C4H8O/c1-3-15-12(13)8-10-5-4-6-11(7-10)16-9-14-2;1-2-13-10(12)7-8-4-3-5-9(11)6-8;1-2-4-5-3-1/h4-7H,3,8-9H2,1-2H3;3-6,11H,2,7H2,1H3;1-4H2. The third-order valence-corrected chi connectivity index (χ3v) is 4.29. The topological polar surface area (TPSA) is 101 Å². The molecule has 8 nitrogen and oxygen atoms in total. The number of benzene rings is 2. The summed E-state index contributed by atoms with van der Waals surface area (Å²) in [6.07, 6.45) is 3.03. The van der Waals surface area contributed by atoms with Crippen LogP contribution < -0.4 is 4.74 Å². The van der Waals surface area contributed by atoms with Crippen LogP contribution in [0.2, 0.25) is 0 Å². The fraction of sp³-hybridized carbons (Fsp3) is 0.462. The van der Waals surface area contributed by atoms with Crippen LogP contribution in [0.5, 0.6) is 11.5 Å². The number of methoxy groups -OCH3 is 1. The predicted molar refractivity (Wildman–Crippen MR) is 128 cm³/mol. The quantitative estimate of drug-likeness (QED) is 0.427. The van der Waals surface area contributed by atoms with Gasteiger partial charge in [0.1, 0.15) is 11.5 Å². The first-order chi connectivity index (χ1) is 16.5. The van der Waals surface area contributed by atoms with Gasteiger partial charge < -0.3 is 28.8 Å². The van der Waals surface area contributed by atoms with Gasteiger partial charge in [-0.1, -0.05) is 24.3 Å². The van der Waals surface area contributed by atoms with Crippen molar-refractivity contribution >= 4 is 11.9 Å². The minimum atomic E-state index is -0.270. The first-order valence-electron chi connectivity index (χ1n) is 11.4. The predicted octanol–water partition coefficient (Wildman–Crippen LogP) is 4.07. The van der Waals surface area contributed by atoms with Gasteiger partial charge in [0, 0.05) is 20.3 Å². The molecule has 0 bridgehead atoms. The highest BCUT2D eigenvalue weighted by Crippen LogP contribution is 2.14. The smallest absolute Gasteiger partial charge is 0.310 e. The Morgan fingerprint density at radius 2 is 1.44 bits per heavy atom. The van der Waals surface area contributed by atoms with E-state index in [0.29, 0.717) is 19.0 Å². The average molecular weight is 477 g/mol. The van der Waals surface area contributed by atoms with Crippen molar-refractivity contribution in [3.63, 3.8) is 0 Å². The van der Waals surface area contributed by atoms with E-state index in [1.807, 2.05) is 18.2 Å². The molecule has 8 heteroatoms. The molecule has 1 aliphatic heterocycles. The maximum atomic E-state index is 11.3. The Labute approximate surface area is 201 Å². The third kappa shape index (κ3) is 14.1. The molecular weight excluding hydrogens is 440 g/mol. The Hall–Kier alpha value is -3.10. The molecule has 1 heterocycles. The Kier molecular flexibility index (Phi) is 15.6. The fourth-order valence-electron chi connectivity index (χ4n) is 2.81. The van der Waals surface area contributed by atoms with Gasteiger partial charge in [-0.2, -0.15) is 0 Å². The van der Waals surface area contributed by atoms with Crippen molar-refractivity contribution in [2.75, 3.05) is 40.3 Å². The molecule has 0 atom stereocenters. The van der Waals surface area contributed by atoms with Crippen LogP contribution >= 0.6 is 0 Å². The van der Waals surface area contributed by atoms with E-state index >= 15 is 0 Å². The Morgan fingerprint density at radius 3 is 1.91 bits per heavy atom. The number of phenolic OH excluding ortho intramolecular Hbond substituents is 1. The van der Waals surface area contributed by atoms with Gasteiger partial charge in [0.05, 0.1) is 26.1 Å². The lowest BCUT2D eigenvalue weighted by atomic mass is 10.1. The molecule has 0 unspecified atom stereocenters. The van der Waals surface area contributed by atoms with Crippen molar-refractivity contribution in [1.29, 1.82) is 0 Å². The molecule has 1 N–H and O–H groups in total. The number of rotatable bonds is 9. The number of carbonyl (C=O) groups is 2. The lowest BCUT2D eigenvalue weighted by molar-refractivity contribution is -0.143. The van der Waals surface area contributed by atoms with Crippen molar-refractivity contribution in [3.05, 3.63) is 59.7 Å². The van der Waals surface area contributed by atoms with Crippen LogP contribution in [-0.2, 0) is 41.4 Å². The summed E-state index contributed by atoms with van der Waals surface area (Å²) in [6.45, 7) is 6.54. The summed E-state index contributed by atoms with van der Waals surface area (Å²) >= 11 is 0. The molecule has 0 saturated carbocycles. The normalized spacial score (nSPS) is 11.9. The van der Waals surface area contributed by atoms with Gasteiger partial charge in [-0.15, -0.1) is 0 Å². The van der Waals surface area contributed by atoms with E-state index in [1.54, 1.807) is 51.3 Å². The number of aromatic hydroxyl groups is 1. The number of hydrogen-bond donors (Lipinski definition) is 1. The summed E-state index contributed by atoms with van der Waals surface area (Å²) in [5, 5.41) is 9.10. The lowest BCUT2D eigenvalue weighted by Gasteiger charge is -2.06. The van der Waals surface area contributed by atoms with Gasteiger partial charge in [0.25, 0.3) is 0 Å². The summed E-state index contributed by atoms with van der Waals surface area (Å²) in [5.74, 6) is 0.352. The van der Waals surface area contributed by atoms with Crippen molar-refractivity contribution in [2.45, 2.75) is 39.5 Å². The zero-order chi connectivity index (χ0) is 25.0. The molecule has 188 valence electrons. The first-order valence-corrected chi connectivity index (χ1v) is 11.4. The Morgan fingerprint density at radius 1 is 0.882 bits per heavy atom. The van der Waals surface area contributed by atoms with Crippen LogP contribution in [0.4, 0.5) is 0 Å². The van der Waals surface area contributed by atoms with E-state index in [9.17, 15) is 9.59 Å². The average Bonchev–Trinajstić information content (AvgIpc) is 3.39. The molecule has 0 aliphatic carbocycles. The molecule has 1 fully saturated rings. The van der Waals surface area contributed by atoms with Gasteiger partial charge in [-0.05, 0) is 62.1 Å². The number of ether oxygens (including phenoxy) is 5. The van der Waals surface area contributed by atoms with Crippen molar-refractivity contribution < 1.29 is 38.4 Å². The highest BCUT2D eigenvalue weighted by atomic mass is 16.7. The van der Waals surface area contributed by atoms with E-state index in [4.69, 9.17) is 28.8 Å². The Balaban J connectivity index is 0.000000286. The molecule has 2 aromatic rings. The highest BCUT2D eigenvalue weighted by Gasteiger charge is 2.05. The molecule has 34 heavy (non-hydrogen) atoms. The molecule has 0 radical (unpaired) electrons. The van der Waals surface area contributed by atoms with Gasteiger partial charge in [0.15, 0.2) is 6.79 Å². The van der Waals surface area contributed by atoms with Crippen LogP contribution in [-0.4, -0.2) is 57.4 Å². The molecular formula is C26H36O8. The van der Waals surface area contributed by atoms with E-state index in [2.05, 4.69) is 0 Å². The van der Waals surface area contributed by atoms with Crippen LogP contribution in [0.1, 0.15) is 37.8 Å². The van der Waals surface area contributed by atoms with Gasteiger partial charge in [0.2, 0.25) is 0 Å². The van der Waals surface area contributed by atoms with Gasteiger partial charge in [-0.3, -0.25) is 9.59 Å². The zero-order valence-electron chi connectivity index (χ0n) is 20.3. The van der Waals surface area contributed by atoms with Crippen LogP contribution in [0.3, 0.4) is 0 Å². The molecule has 1 aliphatic rings. The van der Waals surface area contributed by atoms with Crippen LogP contribution in [0, 0.1) is 0 Å². The summed E-state index contributed by atoms with van der Waals surface area (Å²) in [4.78, 5) is 22.3. The van der Waals surface area contributed by atoms with Gasteiger partial charge in [-0.25, -0.2) is 0 Å². The molecule has 0 spiro atoms. The minimum absolute atomic E-state index is 0.168. The molecule has 0 aromatic heterocycles. The summed E-state index contributed by atoms with van der Waals surface area (Å²) < 4.78 is 24.6. The summed E-state index contributed by atoms with van der Waals surface area (Å²) in [7, 11) is 1.56. The van der Waals surface area contributed by atoms with Crippen molar-refractivity contribution in [2.24, 2.45) is 0 Å². The Bertz CT molecular complexity index is 825. The first kappa shape index (κ1) is 28.9. The largest absolute Gasteiger partial charge is 0.508 e. The van der Waals surface area contributed by atoms with E-state index in [1.165, 1.54) is 12.8 Å². The second-order valence-corrected chi connectivity index (χ2v) is 7.15. The molecule has 1 saturated heterocycles. The zero-order valence-corrected chi connectivity index (χ0v) is 20.3. The SMILES string of the molecule is C1CCOC1.CCOC(=O)Cc1cccc(O)c1.CCOC(=O)Cc1cccc(OCOC)c1. The van der Waals surface area contributed by atoms with E-state index in [0.717, 1.165) is 24.3 Å². The summed E-state index contributed by atoms with van der Waals surface area (Å²) in [6, 6.07) is 13.9. The third-order valence-electron chi connectivity index (χ3n) is 4.29. The molecule has 2 aromatic carbocycles. The maximum Gasteiger partial charge on any atom is 0.310 e. The monoisotopic (exact) mass is 476 g/mol. The van der Waals surface area contributed by atoms with Gasteiger partial charge >= 0.3 is 11.9 Å².